The fourth-order valence-electron chi connectivity index (χ4n) is 2.41. The summed E-state index contributed by atoms with van der Waals surface area (Å²) in [7, 11) is 0. The van der Waals surface area contributed by atoms with E-state index in [2.05, 4.69) is 6.92 Å². The monoisotopic (exact) mass is 285 g/mol. The Hall–Kier alpha value is -2.36. The molecule has 0 unspecified atom stereocenters. The van der Waals surface area contributed by atoms with Crippen molar-refractivity contribution in [2.45, 2.75) is 32.6 Å². The van der Waals surface area contributed by atoms with E-state index >= 15 is 0 Å². The standard InChI is InChI=1S/C17H19NO3/c1-2-3-5-10-15-14(13-8-6-4-7-9-13)11-12-18(16(15)19)17(20)21/h4,6-9,11-12H,2-3,5,10H2,1H3,(H,20,21). The summed E-state index contributed by atoms with van der Waals surface area (Å²) in [4.78, 5) is 23.5. The van der Waals surface area contributed by atoms with Gasteiger partial charge in [-0.05, 0) is 30.0 Å². The molecule has 0 spiro atoms. The van der Waals surface area contributed by atoms with Gasteiger partial charge in [0.2, 0.25) is 0 Å². The minimum absolute atomic E-state index is 0.431. The Labute approximate surface area is 123 Å². The van der Waals surface area contributed by atoms with Crippen LogP contribution in [0.5, 0.6) is 0 Å². The molecule has 110 valence electrons. The highest BCUT2D eigenvalue weighted by Gasteiger charge is 2.14. The molecule has 1 aromatic heterocycles. The van der Waals surface area contributed by atoms with Gasteiger partial charge in [0, 0.05) is 11.8 Å². The zero-order valence-electron chi connectivity index (χ0n) is 12.1. The molecule has 2 rings (SSSR count). The highest BCUT2D eigenvalue weighted by molar-refractivity contribution is 5.72. The zero-order valence-corrected chi connectivity index (χ0v) is 12.1. The average Bonchev–Trinajstić information content (AvgIpc) is 2.49. The molecule has 0 saturated carbocycles. The number of nitrogens with zero attached hydrogens (tertiary/aromatic N) is 1. The highest BCUT2D eigenvalue weighted by Crippen LogP contribution is 2.22. The van der Waals surface area contributed by atoms with Crippen molar-refractivity contribution >= 4 is 6.09 Å². The molecule has 21 heavy (non-hydrogen) atoms. The number of hydrogen-bond acceptors (Lipinski definition) is 2. The lowest BCUT2D eigenvalue weighted by molar-refractivity contribution is 0.195. The van der Waals surface area contributed by atoms with Crippen molar-refractivity contribution in [2.75, 3.05) is 0 Å². The van der Waals surface area contributed by atoms with Crippen molar-refractivity contribution in [3.05, 3.63) is 58.5 Å². The lowest BCUT2D eigenvalue weighted by Gasteiger charge is -2.11. The Morgan fingerprint density at radius 1 is 1.14 bits per heavy atom. The van der Waals surface area contributed by atoms with E-state index in [0.29, 0.717) is 12.0 Å². The Kier molecular flexibility index (Phi) is 4.93. The van der Waals surface area contributed by atoms with Gasteiger partial charge in [0.1, 0.15) is 0 Å². The molecule has 0 amide bonds. The van der Waals surface area contributed by atoms with Gasteiger partial charge >= 0.3 is 6.09 Å². The van der Waals surface area contributed by atoms with Crippen LogP contribution in [0.1, 0.15) is 31.7 Å². The van der Waals surface area contributed by atoms with E-state index in [1.54, 1.807) is 6.07 Å². The van der Waals surface area contributed by atoms with Crippen LogP contribution in [-0.2, 0) is 6.42 Å². The van der Waals surface area contributed by atoms with Crippen LogP contribution in [0.15, 0.2) is 47.4 Å². The fourth-order valence-corrected chi connectivity index (χ4v) is 2.41. The molecular weight excluding hydrogens is 266 g/mol. The quantitative estimate of drug-likeness (QED) is 0.851. The number of benzene rings is 1. The summed E-state index contributed by atoms with van der Waals surface area (Å²) in [6.45, 7) is 2.10. The third-order valence-corrected chi connectivity index (χ3v) is 3.51. The normalized spacial score (nSPS) is 10.5. The summed E-state index contributed by atoms with van der Waals surface area (Å²) < 4.78 is 0.758. The van der Waals surface area contributed by atoms with Crippen LogP contribution in [0.4, 0.5) is 4.79 Å². The van der Waals surface area contributed by atoms with Crippen molar-refractivity contribution in [3.63, 3.8) is 0 Å². The van der Waals surface area contributed by atoms with Gasteiger partial charge in [-0.25, -0.2) is 9.36 Å². The molecule has 0 radical (unpaired) electrons. The number of rotatable bonds is 5. The highest BCUT2D eigenvalue weighted by atomic mass is 16.4. The lowest BCUT2D eigenvalue weighted by Crippen LogP contribution is -2.28. The molecule has 0 aliphatic carbocycles. The number of carbonyl (C=O) groups is 1. The number of aromatic nitrogens is 1. The summed E-state index contributed by atoms with van der Waals surface area (Å²) in [5, 5.41) is 9.09. The van der Waals surface area contributed by atoms with Crippen LogP contribution >= 0.6 is 0 Å². The number of pyridine rings is 1. The average molecular weight is 285 g/mol. The largest absolute Gasteiger partial charge is 0.464 e. The zero-order chi connectivity index (χ0) is 15.2. The third kappa shape index (κ3) is 3.40. The Morgan fingerprint density at radius 2 is 1.86 bits per heavy atom. The first-order chi connectivity index (χ1) is 10.1. The van der Waals surface area contributed by atoms with E-state index in [1.807, 2.05) is 30.3 Å². The number of carboxylic acid groups (broad SMARTS) is 1. The lowest BCUT2D eigenvalue weighted by atomic mass is 9.97. The second-order valence-electron chi connectivity index (χ2n) is 4.99. The van der Waals surface area contributed by atoms with Crippen molar-refractivity contribution < 1.29 is 9.90 Å². The first-order valence-electron chi connectivity index (χ1n) is 7.18. The van der Waals surface area contributed by atoms with Crippen LogP contribution in [0.3, 0.4) is 0 Å². The summed E-state index contributed by atoms with van der Waals surface area (Å²) in [6.07, 6.45) is 3.66. The molecule has 1 aromatic carbocycles. The Morgan fingerprint density at radius 3 is 2.48 bits per heavy atom. The van der Waals surface area contributed by atoms with Gasteiger partial charge < -0.3 is 5.11 Å². The molecule has 4 heteroatoms. The molecule has 0 aliphatic rings. The second-order valence-corrected chi connectivity index (χ2v) is 4.99. The summed E-state index contributed by atoms with van der Waals surface area (Å²) in [5.41, 5.74) is 1.92. The molecule has 0 bridgehead atoms. The van der Waals surface area contributed by atoms with E-state index in [0.717, 1.165) is 35.0 Å². The van der Waals surface area contributed by atoms with Gasteiger partial charge in [-0.2, -0.15) is 0 Å². The SMILES string of the molecule is CCCCCc1c(-c2ccccc2)ccn(C(=O)O)c1=O. The second kappa shape index (κ2) is 6.88. The number of unbranched alkanes of at least 4 members (excludes halogenated alkanes) is 2. The van der Waals surface area contributed by atoms with Crippen molar-refractivity contribution in [2.24, 2.45) is 0 Å². The predicted octanol–water partition coefficient (Wildman–Crippen LogP) is 3.77. The molecule has 1 heterocycles. The van der Waals surface area contributed by atoms with Gasteiger partial charge in [-0.15, -0.1) is 0 Å². The van der Waals surface area contributed by atoms with Crippen LogP contribution in [0, 0.1) is 0 Å². The predicted molar refractivity (Wildman–Crippen MR) is 82.8 cm³/mol. The maximum Gasteiger partial charge on any atom is 0.418 e. The van der Waals surface area contributed by atoms with E-state index < -0.39 is 11.7 Å². The topological polar surface area (TPSA) is 59.3 Å². The van der Waals surface area contributed by atoms with Crippen LogP contribution in [0.25, 0.3) is 11.1 Å². The van der Waals surface area contributed by atoms with Crippen molar-refractivity contribution in [1.82, 2.24) is 4.57 Å². The summed E-state index contributed by atoms with van der Waals surface area (Å²) >= 11 is 0. The first kappa shape index (κ1) is 15.0. The number of hydrogen-bond donors (Lipinski definition) is 1. The molecule has 2 aromatic rings. The molecule has 0 atom stereocenters. The van der Waals surface area contributed by atoms with E-state index in [4.69, 9.17) is 5.11 Å². The summed E-state index contributed by atoms with van der Waals surface area (Å²) in [5.74, 6) is 0. The van der Waals surface area contributed by atoms with E-state index in [9.17, 15) is 9.59 Å². The van der Waals surface area contributed by atoms with Crippen LogP contribution in [0.2, 0.25) is 0 Å². The Balaban J connectivity index is 2.51. The maximum atomic E-state index is 12.4. The van der Waals surface area contributed by atoms with Crippen molar-refractivity contribution in [3.8, 4) is 11.1 Å². The van der Waals surface area contributed by atoms with E-state index in [-0.39, 0.29) is 0 Å². The molecule has 1 N–H and O–H groups in total. The first-order valence-corrected chi connectivity index (χ1v) is 7.18. The van der Waals surface area contributed by atoms with Gasteiger partial charge in [-0.3, -0.25) is 4.79 Å². The minimum atomic E-state index is -1.24. The molecule has 4 nitrogen and oxygen atoms in total. The van der Waals surface area contributed by atoms with Crippen LogP contribution in [-0.4, -0.2) is 15.8 Å². The van der Waals surface area contributed by atoms with Crippen molar-refractivity contribution in [1.29, 1.82) is 0 Å². The van der Waals surface area contributed by atoms with Gasteiger partial charge in [0.25, 0.3) is 5.56 Å². The molecule has 0 aliphatic heterocycles. The van der Waals surface area contributed by atoms with E-state index in [1.165, 1.54) is 6.20 Å². The van der Waals surface area contributed by atoms with Gasteiger partial charge in [0.05, 0.1) is 0 Å². The smallest absolute Gasteiger partial charge is 0.418 e. The Bertz CT molecular complexity index is 674. The van der Waals surface area contributed by atoms with Crippen LogP contribution < -0.4 is 5.56 Å². The van der Waals surface area contributed by atoms with Gasteiger partial charge in [-0.1, -0.05) is 50.1 Å². The van der Waals surface area contributed by atoms with Gasteiger partial charge in [0.15, 0.2) is 0 Å². The molecule has 0 fully saturated rings. The summed E-state index contributed by atoms with van der Waals surface area (Å²) in [6, 6.07) is 11.3. The fraction of sp³-hybridized carbons (Fsp3) is 0.294. The molecular formula is C17H19NO3. The molecule has 0 saturated heterocycles. The third-order valence-electron chi connectivity index (χ3n) is 3.51. The maximum absolute atomic E-state index is 12.4. The minimum Gasteiger partial charge on any atom is -0.464 e.